The van der Waals surface area contributed by atoms with E-state index in [0.717, 1.165) is 95.2 Å². The largest absolute Gasteiger partial charge is 0.456 e. The molecule has 6 nitrogen and oxygen atoms in total. The molecule has 22 aromatic rings. The van der Waals surface area contributed by atoms with Gasteiger partial charge >= 0.3 is 0 Å². The van der Waals surface area contributed by atoms with E-state index in [9.17, 15) is 0 Å². The number of para-hydroxylation sites is 5. The number of hydrogen-bond acceptors (Lipinski definition) is 3. The summed E-state index contributed by atoms with van der Waals surface area (Å²) in [6.07, 6.45) is 0. The van der Waals surface area contributed by atoms with Gasteiger partial charge in [-0.3, -0.25) is 0 Å². The number of rotatable bonds is 5. The second-order valence-corrected chi connectivity index (χ2v) is 35.2. The smallest absolute Gasteiger partial charge is 0.252 e. The van der Waals surface area contributed by atoms with Gasteiger partial charge in [0.2, 0.25) is 0 Å². The Bertz CT molecular complexity index is 8230. The van der Waals surface area contributed by atoms with Gasteiger partial charge < -0.3 is 27.9 Å². The van der Waals surface area contributed by atoms with Crippen molar-refractivity contribution >= 4 is 145 Å². The summed E-state index contributed by atoms with van der Waals surface area (Å²) in [5, 5.41) is 9.37. The molecule has 2 spiro atoms. The summed E-state index contributed by atoms with van der Waals surface area (Å²) in [6, 6.07) is 146. The molecule has 0 saturated heterocycles. The Labute approximate surface area is 698 Å². The van der Waals surface area contributed by atoms with Gasteiger partial charge in [-0.1, -0.05) is 288 Å². The molecule has 121 heavy (non-hydrogen) atoms. The Morgan fingerprint density at radius 2 is 0.595 bits per heavy atom. The van der Waals surface area contributed by atoms with E-state index in [1.165, 1.54) is 154 Å². The van der Waals surface area contributed by atoms with Crippen LogP contribution in [-0.4, -0.2) is 20.4 Å². The number of anilines is 6. The lowest BCUT2D eigenvalue weighted by atomic mass is 9.33. The van der Waals surface area contributed by atoms with Crippen LogP contribution in [-0.2, 0) is 16.2 Å². The SMILES string of the molecule is CC(C)(C)c1cc2c3c(c1)N(c1cccc4c1-c1ccccc1C41c4ccccc4-c4ccccc41)c1cc4c5ccc(-n6c7ccccc7c7ccccc76)cc5n(-c5ccccc5)c4cc1B3c1cc3oc4cc(-n5c6ccccc6c6ccccc65)ccc4c3cc1N2c1cccc2c1-c1ccccc1C21c2ccccc2-c2ccccc21. The van der Waals surface area contributed by atoms with E-state index < -0.39 is 10.8 Å². The van der Waals surface area contributed by atoms with E-state index in [0.29, 0.717) is 0 Å². The lowest BCUT2D eigenvalue weighted by Crippen LogP contribution is -2.61. The molecular formula is C114H72BN5O. The molecule has 0 N–H and O–H groups in total. The molecule has 0 unspecified atom stereocenters. The fourth-order valence-electron chi connectivity index (χ4n) is 23.9. The third kappa shape index (κ3) is 8.24. The molecule has 0 radical (unpaired) electrons. The van der Waals surface area contributed by atoms with Crippen molar-refractivity contribution in [3.05, 3.63) is 432 Å². The summed E-state index contributed by atoms with van der Waals surface area (Å²) < 4.78 is 15.1. The van der Waals surface area contributed by atoms with E-state index in [4.69, 9.17) is 4.42 Å². The predicted molar refractivity (Wildman–Crippen MR) is 502 cm³/mol. The Hall–Kier alpha value is -15.2. The molecule has 18 aromatic carbocycles. The van der Waals surface area contributed by atoms with Crippen molar-refractivity contribution in [1.82, 2.24) is 13.7 Å². The summed E-state index contributed by atoms with van der Waals surface area (Å²) in [7, 11) is 0. The van der Waals surface area contributed by atoms with Gasteiger partial charge in [-0.15, -0.1) is 0 Å². The average Bonchev–Trinajstić information content (AvgIpc) is 1.60. The third-order valence-electron chi connectivity index (χ3n) is 28.6. The second kappa shape index (κ2) is 23.4. The maximum Gasteiger partial charge on any atom is 0.252 e. The minimum Gasteiger partial charge on any atom is -0.456 e. The number of fused-ring (bicyclic) bond motifs is 36. The third-order valence-corrected chi connectivity index (χ3v) is 28.6. The number of nitrogens with zero attached hydrogens (tertiary/aromatic N) is 5. The molecule has 562 valence electrons. The summed E-state index contributed by atoms with van der Waals surface area (Å²) >= 11 is 0. The van der Waals surface area contributed by atoms with Crippen LogP contribution in [0, 0.1) is 0 Å². The van der Waals surface area contributed by atoms with Gasteiger partial charge in [0, 0.05) is 100 Å². The number of furan rings is 1. The molecule has 28 rings (SSSR count). The number of benzene rings is 18. The van der Waals surface area contributed by atoms with Crippen LogP contribution in [0.25, 0.3) is 149 Å². The Morgan fingerprint density at radius 3 is 1.07 bits per heavy atom. The van der Waals surface area contributed by atoms with Crippen molar-refractivity contribution in [2.45, 2.75) is 37.0 Å². The first-order valence-corrected chi connectivity index (χ1v) is 42.5. The highest BCUT2D eigenvalue weighted by atomic mass is 16.3. The van der Waals surface area contributed by atoms with Gasteiger partial charge in [0.05, 0.1) is 55.3 Å². The van der Waals surface area contributed by atoms with Gasteiger partial charge in [-0.25, -0.2) is 0 Å². The van der Waals surface area contributed by atoms with Crippen molar-refractivity contribution < 1.29 is 4.42 Å². The van der Waals surface area contributed by atoms with Gasteiger partial charge in [0.15, 0.2) is 0 Å². The van der Waals surface area contributed by atoms with Crippen LogP contribution >= 0.6 is 0 Å². The van der Waals surface area contributed by atoms with Crippen molar-refractivity contribution in [2.75, 3.05) is 9.80 Å². The summed E-state index contributed by atoms with van der Waals surface area (Å²) in [5.74, 6) is 0. The lowest BCUT2D eigenvalue weighted by Gasteiger charge is -2.46. The van der Waals surface area contributed by atoms with Gasteiger partial charge in [-0.05, 0) is 214 Å². The van der Waals surface area contributed by atoms with Crippen molar-refractivity contribution in [2.24, 2.45) is 0 Å². The molecule has 2 aliphatic heterocycles. The van der Waals surface area contributed by atoms with E-state index in [1.807, 2.05) is 0 Å². The van der Waals surface area contributed by atoms with E-state index in [1.54, 1.807) is 0 Å². The summed E-state index contributed by atoms with van der Waals surface area (Å²) in [4.78, 5) is 5.49. The molecule has 0 fully saturated rings. The van der Waals surface area contributed by atoms with Gasteiger partial charge in [-0.2, -0.15) is 0 Å². The fourth-order valence-corrected chi connectivity index (χ4v) is 23.9. The highest BCUT2D eigenvalue weighted by Crippen LogP contribution is 2.68. The van der Waals surface area contributed by atoms with Crippen LogP contribution in [0.15, 0.2) is 387 Å². The highest BCUT2D eigenvalue weighted by Gasteiger charge is 2.56. The zero-order valence-corrected chi connectivity index (χ0v) is 66.6. The molecule has 6 heterocycles. The quantitative estimate of drug-likeness (QED) is 0.161. The van der Waals surface area contributed by atoms with Crippen LogP contribution < -0.4 is 26.2 Å². The van der Waals surface area contributed by atoms with Gasteiger partial charge in [0.1, 0.15) is 11.2 Å². The first-order valence-electron chi connectivity index (χ1n) is 42.5. The first-order chi connectivity index (χ1) is 59.7. The normalized spacial score (nSPS) is 14.3. The average molecular weight is 1540 g/mol. The Morgan fingerprint density at radius 1 is 0.240 bits per heavy atom. The molecule has 0 atom stereocenters. The molecule has 7 heteroatoms. The second-order valence-electron chi connectivity index (χ2n) is 35.2. The zero-order chi connectivity index (χ0) is 79.2. The molecule has 6 aliphatic rings. The maximum atomic E-state index is 7.66. The summed E-state index contributed by atoms with van der Waals surface area (Å²) in [5.41, 5.74) is 42.4. The highest BCUT2D eigenvalue weighted by molar-refractivity contribution is 7.00. The maximum absolute atomic E-state index is 7.66. The van der Waals surface area contributed by atoms with Gasteiger partial charge in [0.25, 0.3) is 6.71 Å². The van der Waals surface area contributed by atoms with Crippen LogP contribution in [0.3, 0.4) is 0 Å². The van der Waals surface area contributed by atoms with E-state index in [2.05, 4.69) is 426 Å². The fraction of sp³-hybridized carbons (Fsp3) is 0.0526. The molecule has 0 amide bonds. The standard InChI is InChI=1S/C114H72BN5O/c1-112(2,3)67-59-105-111-106(60-67)120(100-54-28-48-92-110(100)82-40-12-22-46-90(82)114(92)87-43-19-9-33-73(87)74-34-10-20-44-88(74)114)104-64-84-80-58-56-70(118-97-51-25-15-37-77(97)78-38-16-26-52-98(78)118)62-107(80)121-108(84)66-94(104)115(111)93-65-102-83(79-57-55-69(61-101(79)116(102)68-29-5-4-6-30-68)117-95-49-23-13-35-75(95)76-36-14-24-50-96(76)117)63-103(93)119(105)99-53-27-47-91-109(99)81-39-11-21-45-89(81)113(91)85-41-17-7-31-71(85)72-32-8-18-42-86(72)113/h4-66H,1-3H3. The van der Waals surface area contributed by atoms with Crippen LogP contribution in [0.2, 0.25) is 0 Å². The monoisotopic (exact) mass is 1540 g/mol. The topological polar surface area (TPSA) is 34.4 Å². The van der Waals surface area contributed by atoms with Crippen LogP contribution in [0.1, 0.15) is 70.8 Å². The van der Waals surface area contributed by atoms with Crippen molar-refractivity contribution in [3.8, 4) is 61.6 Å². The zero-order valence-electron chi connectivity index (χ0n) is 66.6. The van der Waals surface area contributed by atoms with Crippen molar-refractivity contribution in [3.63, 3.8) is 0 Å². The minimum atomic E-state index is -0.607. The predicted octanol–water partition coefficient (Wildman–Crippen LogP) is 26.9. The molecule has 0 saturated carbocycles. The molecular weight excluding hydrogens is 1470 g/mol. The molecule has 4 aromatic heterocycles. The van der Waals surface area contributed by atoms with E-state index in [-0.39, 0.29) is 12.1 Å². The first kappa shape index (κ1) is 65.9. The molecule has 4 aliphatic carbocycles. The van der Waals surface area contributed by atoms with Crippen LogP contribution in [0.5, 0.6) is 0 Å². The Balaban J connectivity index is 0.780. The van der Waals surface area contributed by atoms with Crippen molar-refractivity contribution in [1.29, 1.82) is 0 Å². The van der Waals surface area contributed by atoms with Crippen LogP contribution in [0.4, 0.5) is 34.1 Å². The number of hydrogen-bond donors (Lipinski definition) is 0. The summed E-state index contributed by atoms with van der Waals surface area (Å²) in [6.45, 7) is 6.89. The number of aromatic nitrogens is 3. The molecule has 0 bridgehead atoms. The van der Waals surface area contributed by atoms with E-state index >= 15 is 0 Å². The minimum absolute atomic E-state index is 0.349. The Kier molecular flexibility index (Phi) is 12.7. The lowest BCUT2D eigenvalue weighted by molar-refractivity contribution is 0.590.